The summed E-state index contributed by atoms with van der Waals surface area (Å²) < 4.78 is 8.71. The monoisotopic (exact) mass is 519 g/mol. The maximum atomic E-state index is 6.32. The minimum atomic E-state index is 0.725. The summed E-state index contributed by atoms with van der Waals surface area (Å²) in [6, 6.07) is 46.7. The molecule has 0 radical (unpaired) electrons. The highest BCUT2D eigenvalue weighted by Crippen LogP contribution is 2.42. The summed E-state index contributed by atoms with van der Waals surface area (Å²) in [5.74, 6) is 0. The molecule has 6 aromatic carbocycles. The van der Waals surface area contributed by atoms with Crippen LogP contribution >= 0.6 is 11.6 Å². The number of halogens is 1. The maximum absolute atomic E-state index is 6.32. The lowest BCUT2D eigenvalue weighted by atomic mass is 9.92. The fourth-order valence-corrected chi connectivity index (χ4v) is 6.09. The van der Waals surface area contributed by atoms with E-state index in [-0.39, 0.29) is 0 Å². The molecule has 0 N–H and O–H groups in total. The Morgan fingerprint density at radius 2 is 1.10 bits per heavy atom. The second-order valence-corrected chi connectivity index (χ2v) is 10.3. The highest BCUT2D eigenvalue weighted by Gasteiger charge is 2.19. The summed E-state index contributed by atoms with van der Waals surface area (Å²) in [4.78, 5) is 0. The van der Waals surface area contributed by atoms with Crippen LogP contribution in [-0.4, -0.2) is 4.57 Å². The number of benzene rings is 6. The van der Waals surface area contributed by atoms with Crippen LogP contribution in [0.3, 0.4) is 0 Å². The Morgan fingerprint density at radius 1 is 0.487 bits per heavy atom. The molecule has 0 atom stereocenters. The summed E-state index contributed by atoms with van der Waals surface area (Å²) in [5.41, 5.74) is 9.76. The standard InChI is InChI=1S/C36H22ClNO/c37-25-19-16-23(17-20-25)26-11-7-14-33(38-31-12-4-1-8-27(31)28-9-2-5-13-32(28)38)36(26)24-18-21-30-29-10-3-6-15-34(29)39-35(30)22-24/h1-22H. The van der Waals surface area contributed by atoms with Gasteiger partial charge in [-0.2, -0.15) is 0 Å². The Labute approximate surface area is 230 Å². The minimum absolute atomic E-state index is 0.725. The average molecular weight is 520 g/mol. The van der Waals surface area contributed by atoms with Gasteiger partial charge in [-0.05, 0) is 65.2 Å². The summed E-state index contributed by atoms with van der Waals surface area (Å²) >= 11 is 6.29. The molecule has 0 unspecified atom stereocenters. The molecule has 0 saturated heterocycles. The zero-order valence-corrected chi connectivity index (χ0v) is 21.7. The van der Waals surface area contributed by atoms with Gasteiger partial charge in [0.15, 0.2) is 0 Å². The fourth-order valence-electron chi connectivity index (χ4n) is 5.96. The van der Waals surface area contributed by atoms with Gasteiger partial charge in [-0.15, -0.1) is 0 Å². The van der Waals surface area contributed by atoms with Crippen molar-refractivity contribution >= 4 is 55.3 Å². The number of nitrogens with zero attached hydrogens (tertiary/aromatic N) is 1. The lowest BCUT2D eigenvalue weighted by Gasteiger charge is -2.18. The molecule has 0 aliphatic heterocycles. The molecule has 184 valence electrons. The largest absolute Gasteiger partial charge is 0.456 e. The third-order valence-corrected chi connectivity index (χ3v) is 7.94. The molecule has 8 aromatic rings. The number of rotatable bonds is 3. The van der Waals surface area contributed by atoms with E-state index in [0.717, 1.165) is 54.9 Å². The van der Waals surface area contributed by atoms with Gasteiger partial charge in [0, 0.05) is 32.1 Å². The molecule has 2 aromatic heterocycles. The van der Waals surface area contributed by atoms with Gasteiger partial charge in [0.2, 0.25) is 0 Å². The van der Waals surface area contributed by atoms with Crippen LogP contribution in [0.4, 0.5) is 0 Å². The van der Waals surface area contributed by atoms with E-state index in [0.29, 0.717) is 0 Å². The first kappa shape index (κ1) is 22.2. The van der Waals surface area contributed by atoms with E-state index >= 15 is 0 Å². The van der Waals surface area contributed by atoms with Crippen molar-refractivity contribution in [1.29, 1.82) is 0 Å². The number of hydrogen-bond acceptors (Lipinski definition) is 1. The van der Waals surface area contributed by atoms with Gasteiger partial charge in [0.1, 0.15) is 11.2 Å². The highest BCUT2D eigenvalue weighted by atomic mass is 35.5. The Hall–Kier alpha value is -4.79. The normalized spacial score (nSPS) is 11.7. The van der Waals surface area contributed by atoms with Crippen LogP contribution in [0.1, 0.15) is 0 Å². The second kappa shape index (κ2) is 8.62. The van der Waals surface area contributed by atoms with Crippen molar-refractivity contribution in [3.05, 3.63) is 138 Å². The average Bonchev–Trinajstić information content (AvgIpc) is 3.52. The Balaban J connectivity index is 1.49. The molecule has 8 rings (SSSR count). The van der Waals surface area contributed by atoms with E-state index in [4.69, 9.17) is 16.0 Å². The van der Waals surface area contributed by atoms with Gasteiger partial charge >= 0.3 is 0 Å². The van der Waals surface area contributed by atoms with Crippen molar-refractivity contribution < 1.29 is 4.42 Å². The summed E-state index contributed by atoms with van der Waals surface area (Å²) in [6.45, 7) is 0. The lowest BCUT2D eigenvalue weighted by Crippen LogP contribution is -1.99. The molecule has 0 spiro atoms. The van der Waals surface area contributed by atoms with Crippen LogP contribution in [0, 0.1) is 0 Å². The van der Waals surface area contributed by atoms with Crippen molar-refractivity contribution in [1.82, 2.24) is 4.57 Å². The smallest absolute Gasteiger partial charge is 0.136 e. The quantitative estimate of drug-likeness (QED) is 0.227. The van der Waals surface area contributed by atoms with Crippen LogP contribution in [0.2, 0.25) is 5.02 Å². The van der Waals surface area contributed by atoms with Crippen molar-refractivity contribution in [2.45, 2.75) is 0 Å². The second-order valence-electron chi connectivity index (χ2n) is 9.89. The number of hydrogen-bond donors (Lipinski definition) is 0. The van der Waals surface area contributed by atoms with Crippen molar-refractivity contribution in [2.75, 3.05) is 0 Å². The first-order valence-corrected chi connectivity index (χ1v) is 13.4. The third kappa shape index (κ3) is 3.42. The molecule has 3 heteroatoms. The van der Waals surface area contributed by atoms with Crippen molar-refractivity contribution in [3.63, 3.8) is 0 Å². The first-order valence-electron chi connectivity index (χ1n) is 13.1. The summed E-state index contributed by atoms with van der Waals surface area (Å²) in [6.07, 6.45) is 0. The Morgan fingerprint density at radius 3 is 1.85 bits per heavy atom. The molecular formula is C36H22ClNO. The van der Waals surface area contributed by atoms with E-state index < -0.39 is 0 Å². The number of fused-ring (bicyclic) bond motifs is 6. The summed E-state index contributed by atoms with van der Waals surface area (Å²) in [5, 5.41) is 5.46. The van der Waals surface area contributed by atoms with Gasteiger partial charge in [0.05, 0.1) is 16.7 Å². The molecule has 0 amide bonds. The van der Waals surface area contributed by atoms with Crippen molar-refractivity contribution in [3.8, 4) is 27.9 Å². The van der Waals surface area contributed by atoms with E-state index in [9.17, 15) is 0 Å². The maximum Gasteiger partial charge on any atom is 0.136 e. The predicted octanol–water partition coefficient (Wildman–Crippen LogP) is 10.7. The SMILES string of the molecule is Clc1ccc(-c2cccc(-n3c4ccccc4c4ccccc43)c2-c2ccc3c(c2)oc2ccccc23)cc1. The van der Waals surface area contributed by atoms with Crippen LogP contribution in [0.5, 0.6) is 0 Å². The van der Waals surface area contributed by atoms with Crippen molar-refractivity contribution in [2.24, 2.45) is 0 Å². The van der Waals surface area contributed by atoms with E-state index in [2.05, 4.69) is 114 Å². The topological polar surface area (TPSA) is 18.1 Å². The van der Waals surface area contributed by atoms with Crippen LogP contribution in [-0.2, 0) is 0 Å². The van der Waals surface area contributed by atoms with E-state index in [1.165, 1.54) is 21.8 Å². The molecule has 0 aliphatic carbocycles. The van der Waals surface area contributed by atoms with E-state index in [1.54, 1.807) is 0 Å². The van der Waals surface area contributed by atoms with E-state index in [1.807, 2.05) is 24.3 Å². The molecule has 0 saturated carbocycles. The molecule has 2 nitrogen and oxygen atoms in total. The number of para-hydroxylation sites is 3. The predicted molar refractivity (Wildman–Crippen MR) is 164 cm³/mol. The minimum Gasteiger partial charge on any atom is -0.456 e. The van der Waals surface area contributed by atoms with Crippen LogP contribution in [0.15, 0.2) is 138 Å². The molecular weight excluding hydrogens is 498 g/mol. The fraction of sp³-hybridized carbons (Fsp3) is 0. The number of furan rings is 1. The van der Waals surface area contributed by atoms with Gasteiger partial charge in [-0.3, -0.25) is 0 Å². The van der Waals surface area contributed by atoms with Gasteiger partial charge in [-0.25, -0.2) is 0 Å². The molecule has 0 bridgehead atoms. The highest BCUT2D eigenvalue weighted by molar-refractivity contribution is 6.30. The van der Waals surface area contributed by atoms with Gasteiger partial charge in [-0.1, -0.05) is 96.5 Å². The van der Waals surface area contributed by atoms with Crippen LogP contribution < -0.4 is 0 Å². The molecule has 2 heterocycles. The summed E-state index contributed by atoms with van der Waals surface area (Å²) in [7, 11) is 0. The molecule has 0 aliphatic rings. The lowest BCUT2D eigenvalue weighted by molar-refractivity contribution is 0.669. The third-order valence-electron chi connectivity index (χ3n) is 7.69. The molecule has 39 heavy (non-hydrogen) atoms. The zero-order valence-electron chi connectivity index (χ0n) is 20.9. The van der Waals surface area contributed by atoms with Crippen LogP contribution in [0.25, 0.3) is 71.7 Å². The van der Waals surface area contributed by atoms with Gasteiger partial charge in [0.25, 0.3) is 0 Å². The zero-order chi connectivity index (χ0) is 25.9. The Bertz CT molecular complexity index is 2130. The van der Waals surface area contributed by atoms with Gasteiger partial charge < -0.3 is 8.98 Å². The first-order chi connectivity index (χ1) is 19.3. The molecule has 0 fully saturated rings. The number of aromatic nitrogens is 1. The Kier molecular flexibility index (Phi) is 4.91.